The van der Waals surface area contributed by atoms with Crippen LogP contribution in [0.5, 0.6) is 5.75 Å². The van der Waals surface area contributed by atoms with Crippen LogP contribution in [0.1, 0.15) is 21.9 Å². The Hall–Kier alpha value is -2.08. The number of carbonyl (C=O) groups excluding carboxylic acids is 1. The van der Waals surface area contributed by atoms with Crippen LogP contribution in [0.15, 0.2) is 44.3 Å². The molecule has 1 aromatic heterocycles. The molecule has 0 aliphatic heterocycles. The summed E-state index contributed by atoms with van der Waals surface area (Å²) in [6, 6.07) is 8.60. The number of amides is 1. The molecule has 0 bridgehead atoms. The number of nitrogens with zero attached hydrogens (tertiary/aromatic N) is 1. The van der Waals surface area contributed by atoms with E-state index in [1.165, 1.54) is 6.21 Å². The number of aryl methyl sites for hydroxylation is 1. The van der Waals surface area contributed by atoms with Gasteiger partial charge in [-0.3, -0.25) is 4.79 Å². The molecule has 1 heterocycles. The maximum absolute atomic E-state index is 11.9. The molecule has 0 aliphatic rings. The molecule has 104 valence electrons. The topological polar surface area (TPSA) is 63.8 Å². The minimum Gasteiger partial charge on any atom is -0.497 e. The lowest BCUT2D eigenvalue weighted by molar-refractivity contribution is 0.0955. The van der Waals surface area contributed by atoms with Gasteiger partial charge in [0.1, 0.15) is 17.3 Å². The maximum atomic E-state index is 11.9. The average Bonchev–Trinajstić information content (AvgIpc) is 2.77. The zero-order valence-electron chi connectivity index (χ0n) is 11.0. The Morgan fingerprint density at radius 2 is 2.25 bits per heavy atom. The summed E-state index contributed by atoms with van der Waals surface area (Å²) in [4.78, 5) is 11.9. The molecule has 1 N–H and O–H groups in total. The number of hydrazone groups is 1. The molecular formula is C14H13BrN2O3. The minimum atomic E-state index is -0.317. The molecule has 0 radical (unpaired) electrons. The molecule has 0 spiro atoms. The summed E-state index contributed by atoms with van der Waals surface area (Å²) in [5, 5.41) is 3.85. The average molecular weight is 337 g/mol. The summed E-state index contributed by atoms with van der Waals surface area (Å²) in [5.41, 5.74) is 2.90. The van der Waals surface area contributed by atoms with Gasteiger partial charge in [0.25, 0.3) is 5.91 Å². The van der Waals surface area contributed by atoms with Crippen molar-refractivity contribution in [3.63, 3.8) is 0 Å². The molecule has 5 nitrogen and oxygen atoms in total. The van der Waals surface area contributed by atoms with E-state index in [0.717, 1.165) is 10.2 Å². The van der Waals surface area contributed by atoms with E-state index in [4.69, 9.17) is 9.15 Å². The third-order valence-electron chi connectivity index (χ3n) is 2.57. The largest absolute Gasteiger partial charge is 0.497 e. The van der Waals surface area contributed by atoms with Gasteiger partial charge in [0.05, 0.1) is 17.8 Å². The predicted molar refractivity (Wildman–Crippen MR) is 79.2 cm³/mol. The van der Waals surface area contributed by atoms with Gasteiger partial charge in [0, 0.05) is 11.6 Å². The Balaban J connectivity index is 2.01. The van der Waals surface area contributed by atoms with Crippen LogP contribution in [-0.2, 0) is 0 Å². The Bertz CT molecular complexity index is 630. The Kier molecular flexibility index (Phi) is 4.57. The first-order valence-electron chi connectivity index (χ1n) is 5.83. The maximum Gasteiger partial charge on any atom is 0.271 e. The fourth-order valence-electron chi connectivity index (χ4n) is 1.53. The van der Waals surface area contributed by atoms with Crippen molar-refractivity contribution in [2.45, 2.75) is 6.92 Å². The molecular weight excluding hydrogens is 324 g/mol. The Morgan fingerprint density at radius 3 is 2.90 bits per heavy atom. The van der Waals surface area contributed by atoms with E-state index in [-0.39, 0.29) is 5.91 Å². The normalized spacial score (nSPS) is 10.8. The number of nitrogens with one attached hydrogen (secondary N) is 1. The zero-order valence-corrected chi connectivity index (χ0v) is 12.6. The lowest BCUT2D eigenvalue weighted by Gasteiger charge is -2.02. The Morgan fingerprint density at radius 1 is 1.45 bits per heavy atom. The van der Waals surface area contributed by atoms with Crippen molar-refractivity contribution >= 4 is 28.1 Å². The number of hydrogen-bond acceptors (Lipinski definition) is 4. The van der Waals surface area contributed by atoms with Crippen LogP contribution < -0.4 is 10.2 Å². The van der Waals surface area contributed by atoms with Crippen LogP contribution >= 0.6 is 15.9 Å². The second kappa shape index (κ2) is 6.38. The van der Waals surface area contributed by atoms with Gasteiger partial charge in [-0.1, -0.05) is 6.07 Å². The number of furan rings is 1. The lowest BCUT2D eigenvalue weighted by Crippen LogP contribution is -2.17. The van der Waals surface area contributed by atoms with Crippen LogP contribution in [-0.4, -0.2) is 19.2 Å². The molecule has 0 unspecified atom stereocenters. The van der Waals surface area contributed by atoms with Gasteiger partial charge in [0.2, 0.25) is 0 Å². The minimum absolute atomic E-state index is 0.317. The molecule has 2 rings (SSSR count). The van der Waals surface area contributed by atoms with Crippen molar-refractivity contribution in [1.29, 1.82) is 0 Å². The van der Waals surface area contributed by atoms with Crippen LogP contribution in [0.25, 0.3) is 0 Å². The van der Waals surface area contributed by atoms with E-state index in [2.05, 4.69) is 26.5 Å². The predicted octanol–water partition coefficient (Wildman–Crippen LogP) is 3.12. The van der Waals surface area contributed by atoms with Gasteiger partial charge < -0.3 is 9.15 Å². The second-order valence-corrected chi connectivity index (χ2v) is 4.84. The van der Waals surface area contributed by atoms with E-state index < -0.39 is 0 Å². The first-order valence-corrected chi connectivity index (χ1v) is 6.63. The fraction of sp³-hybridized carbons (Fsp3) is 0.143. The molecule has 1 aromatic carbocycles. The standard InChI is InChI=1S/C14H13BrN2O3/c1-9-13(15)7-12(20-9)8-16-17-14(18)10-4-3-5-11(6-10)19-2/h3-8H,1-2H3,(H,17,18)/b16-8-. The number of hydrogen-bond donors (Lipinski definition) is 1. The number of methoxy groups -OCH3 is 1. The van der Waals surface area contributed by atoms with E-state index in [0.29, 0.717) is 17.1 Å². The highest BCUT2D eigenvalue weighted by atomic mass is 79.9. The summed E-state index contributed by atoms with van der Waals surface area (Å²) < 4.78 is 11.3. The lowest BCUT2D eigenvalue weighted by atomic mass is 10.2. The fourth-order valence-corrected chi connectivity index (χ4v) is 1.84. The van der Waals surface area contributed by atoms with Crippen LogP contribution in [0.2, 0.25) is 0 Å². The molecule has 0 aliphatic carbocycles. The molecule has 20 heavy (non-hydrogen) atoms. The smallest absolute Gasteiger partial charge is 0.271 e. The summed E-state index contributed by atoms with van der Waals surface area (Å²) >= 11 is 3.33. The van der Waals surface area contributed by atoms with Crippen molar-refractivity contribution in [3.8, 4) is 5.75 Å². The van der Waals surface area contributed by atoms with Crippen LogP contribution in [0.3, 0.4) is 0 Å². The molecule has 0 saturated carbocycles. The van der Waals surface area contributed by atoms with Gasteiger partial charge in [-0.15, -0.1) is 0 Å². The summed E-state index contributed by atoms with van der Waals surface area (Å²) in [6.45, 7) is 1.83. The molecule has 0 atom stereocenters. The third-order valence-corrected chi connectivity index (χ3v) is 3.35. The summed E-state index contributed by atoms with van der Waals surface area (Å²) in [7, 11) is 1.55. The highest BCUT2D eigenvalue weighted by Crippen LogP contribution is 2.19. The van der Waals surface area contributed by atoms with E-state index in [1.807, 2.05) is 6.92 Å². The quantitative estimate of drug-likeness (QED) is 0.689. The zero-order chi connectivity index (χ0) is 14.5. The van der Waals surface area contributed by atoms with Gasteiger partial charge in [-0.25, -0.2) is 5.43 Å². The van der Waals surface area contributed by atoms with Crippen molar-refractivity contribution < 1.29 is 13.9 Å². The third kappa shape index (κ3) is 3.48. The van der Waals surface area contributed by atoms with Crippen molar-refractivity contribution in [3.05, 3.63) is 51.9 Å². The first kappa shape index (κ1) is 14.3. The number of rotatable bonds is 4. The summed E-state index contributed by atoms with van der Waals surface area (Å²) in [6.07, 6.45) is 1.44. The van der Waals surface area contributed by atoms with Crippen LogP contribution in [0, 0.1) is 6.92 Å². The number of benzene rings is 1. The van der Waals surface area contributed by atoms with E-state index in [9.17, 15) is 4.79 Å². The molecule has 2 aromatic rings. The monoisotopic (exact) mass is 336 g/mol. The summed E-state index contributed by atoms with van der Waals surface area (Å²) in [5.74, 6) is 1.61. The molecule has 6 heteroatoms. The highest BCUT2D eigenvalue weighted by molar-refractivity contribution is 9.10. The molecule has 1 amide bonds. The second-order valence-electron chi connectivity index (χ2n) is 3.98. The highest BCUT2D eigenvalue weighted by Gasteiger charge is 2.06. The van der Waals surface area contributed by atoms with E-state index in [1.54, 1.807) is 37.4 Å². The van der Waals surface area contributed by atoms with E-state index >= 15 is 0 Å². The Labute approximate surface area is 124 Å². The van der Waals surface area contributed by atoms with Gasteiger partial charge in [-0.2, -0.15) is 5.10 Å². The van der Waals surface area contributed by atoms with Crippen LogP contribution in [0.4, 0.5) is 0 Å². The van der Waals surface area contributed by atoms with Crippen molar-refractivity contribution in [2.24, 2.45) is 5.10 Å². The number of carbonyl (C=O) groups is 1. The van der Waals surface area contributed by atoms with Gasteiger partial charge in [0.15, 0.2) is 0 Å². The van der Waals surface area contributed by atoms with Gasteiger partial charge in [-0.05, 0) is 41.1 Å². The molecule has 0 saturated heterocycles. The first-order chi connectivity index (χ1) is 9.60. The number of ether oxygens (including phenoxy) is 1. The van der Waals surface area contributed by atoms with Crippen molar-refractivity contribution in [2.75, 3.05) is 7.11 Å². The van der Waals surface area contributed by atoms with Gasteiger partial charge >= 0.3 is 0 Å². The molecule has 0 fully saturated rings. The van der Waals surface area contributed by atoms with Crippen molar-refractivity contribution in [1.82, 2.24) is 5.43 Å². The number of halogens is 1. The SMILES string of the molecule is COc1cccc(C(=O)N/N=C\c2cc(Br)c(C)o2)c1.